The molecule has 0 aliphatic rings. The summed E-state index contributed by atoms with van der Waals surface area (Å²) in [6.45, 7) is 0. The summed E-state index contributed by atoms with van der Waals surface area (Å²) in [6.07, 6.45) is 4.20. The maximum atomic E-state index is 11.8. The molecule has 0 aromatic carbocycles. The first-order valence-corrected chi connectivity index (χ1v) is 9.58. The van der Waals surface area contributed by atoms with Gasteiger partial charge < -0.3 is 15.1 Å². The Morgan fingerprint density at radius 3 is 2.81 bits per heavy atom. The first-order chi connectivity index (χ1) is 12.7. The van der Waals surface area contributed by atoms with Gasteiger partial charge in [-0.3, -0.25) is 9.59 Å². The average molecular weight is 389 g/mol. The molecule has 2 amide bonds. The van der Waals surface area contributed by atoms with Crippen LogP contribution in [0.3, 0.4) is 0 Å². The second kappa shape index (κ2) is 9.11. The highest BCUT2D eigenvalue weighted by atomic mass is 32.2. The number of amides is 2. The lowest BCUT2D eigenvalue weighted by atomic mass is 10.3. The molecule has 0 saturated carbocycles. The molecular weight excluding hydrogens is 374 g/mol. The van der Waals surface area contributed by atoms with Crippen LogP contribution < -0.4 is 10.6 Å². The molecule has 2 N–H and O–H groups in total. The number of thioether (sulfide) groups is 1. The molecule has 0 atom stereocenters. The summed E-state index contributed by atoms with van der Waals surface area (Å²) in [5, 5.41) is 16.5. The number of hydrogen-bond acceptors (Lipinski definition) is 8. The van der Waals surface area contributed by atoms with Gasteiger partial charge in [0.2, 0.25) is 5.91 Å². The van der Waals surface area contributed by atoms with E-state index >= 15 is 0 Å². The summed E-state index contributed by atoms with van der Waals surface area (Å²) in [5.74, 6) is 0.858. The molecule has 0 spiro atoms. The molecule has 0 saturated heterocycles. The average Bonchev–Trinajstić information content (AvgIpc) is 3.34. The van der Waals surface area contributed by atoms with Gasteiger partial charge in [-0.25, -0.2) is 4.98 Å². The lowest BCUT2D eigenvalue weighted by Gasteiger charge is -2.04. The Labute approximate surface area is 157 Å². The Hall–Kier alpha value is -2.72. The van der Waals surface area contributed by atoms with Crippen molar-refractivity contribution in [1.29, 1.82) is 0 Å². The van der Waals surface area contributed by atoms with E-state index in [-0.39, 0.29) is 17.6 Å². The Balaban J connectivity index is 1.37. The third kappa shape index (κ3) is 5.39. The molecule has 10 heteroatoms. The maximum absolute atomic E-state index is 11.8. The van der Waals surface area contributed by atoms with E-state index in [2.05, 4.69) is 25.8 Å². The van der Waals surface area contributed by atoms with E-state index in [1.54, 1.807) is 30.5 Å². The molecule has 3 rings (SSSR count). The van der Waals surface area contributed by atoms with Gasteiger partial charge in [-0.15, -0.1) is 33.3 Å². The number of anilines is 2. The van der Waals surface area contributed by atoms with Gasteiger partial charge in [0.1, 0.15) is 5.03 Å². The second-order valence-electron chi connectivity index (χ2n) is 5.03. The van der Waals surface area contributed by atoms with E-state index in [4.69, 9.17) is 4.42 Å². The Morgan fingerprint density at radius 1 is 1.19 bits per heavy atom. The molecule has 0 fully saturated rings. The van der Waals surface area contributed by atoms with Gasteiger partial charge in [0.05, 0.1) is 6.26 Å². The van der Waals surface area contributed by atoms with Crippen molar-refractivity contribution in [3.8, 4) is 0 Å². The number of furan rings is 1. The second-order valence-corrected chi connectivity index (χ2v) is 7.04. The van der Waals surface area contributed by atoms with E-state index in [9.17, 15) is 9.59 Å². The molecule has 0 unspecified atom stereocenters. The molecule has 3 aromatic rings. The number of thiazole rings is 1. The predicted molar refractivity (Wildman–Crippen MR) is 99.4 cm³/mol. The van der Waals surface area contributed by atoms with Crippen LogP contribution in [0.2, 0.25) is 0 Å². The van der Waals surface area contributed by atoms with Crippen molar-refractivity contribution in [3.05, 3.63) is 47.9 Å². The number of nitrogens with one attached hydrogen (secondary N) is 2. The van der Waals surface area contributed by atoms with Crippen LogP contribution >= 0.6 is 23.1 Å². The van der Waals surface area contributed by atoms with Crippen molar-refractivity contribution >= 4 is 45.9 Å². The smallest absolute Gasteiger partial charge is 0.292 e. The number of nitrogens with zero attached hydrogens (tertiary/aromatic N) is 3. The Bertz CT molecular complexity index is 835. The van der Waals surface area contributed by atoms with Crippen LogP contribution in [0.5, 0.6) is 0 Å². The SMILES string of the molecule is O=C(CCCSc1ccc(NC(=O)c2ccco2)nn1)Nc1nccs1. The van der Waals surface area contributed by atoms with Gasteiger partial charge in [0.25, 0.3) is 5.91 Å². The minimum atomic E-state index is -0.379. The van der Waals surface area contributed by atoms with Gasteiger partial charge in [-0.2, -0.15) is 0 Å². The minimum Gasteiger partial charge on any atom is -0.459 e. The number of aromatic nitrogens is 3. The molecule has 0 aliphatic heterocycles. The van der Waals surface area contributed by atoms with Crippen molar-refractivity contribution in [2.45, 2.75) is 17.9 Å². The topological polar surface area (TPSA) is 110 Å². The maximum Gasteiger partial charge on any atom is 0.292 e. The van der Waals surface area contributed by atoms with Crippen molar-refractivity contribution in [1.82, 2.24) is 15.2 Å². The summed E-state index contributed by atoms with van der Waals surface area (Å²) in [4.78, 5) is 27.6. The lowest BCUT2D eigenvalue weighted by Crippen LogP contribution is -2.12. The van der Waals surface area contributed by atoms with Gasteiger partial charge >= 0.3 is 0 Å². The fourth-order valence-corrected chi connectivity index (χ4v) is 3.23. The lowest BCUT2D eigenvalue weighted by molar-refractivity contribution is -0.116. The normalized spacial score (nSPS) is 10.5. The third-order valence-corrected chi connectivity index (χ3v) is 4.80. The first-order valence-electron chi connectivity index (χ1n) is 7.71. The number of hydrogen-bond donors (Lipinski definition) is 2. The van der Waals surface area contributed by atoms with Crippen LogP contribution in [0.25, 0.3) is 0 Å². The fraction of sp³-hybridized carbons (Fsp3) is 0.188. The molecule has 26 heavy (non-hydrogen) atoms. The number of carbonyl (C=O) groups is 2. The monoisotopic (exact) mass is 389 g/mol. The molecule has 0 bridgehead atoms. The predicted octanol–water partition coefficient (Wildman–Crippen LogP) is 3.29. The summed E-state index contributed by atoms with van der Waals surface area (Å²) in [6, 6.07) is 6.64. The number of carbonyl (C=O) groups excluding carboxylic acids is 2. The summed E-state index contributed by atoms with van der Waals surface area (Å²) in [7, 11) is 0. The van der Waals surface area contributed by atoms with E-state index in [0.29, 0.717) is 23.8 Å². The molecule has 0 radical (unpaired) electrons. The van der Waals surface area contributed by atoms with Crippen LogP contribution in [-0.4, -0.2) is 32.7 Å². The van der Waals surface area contributed by atoms with Crippen molar-refractivity contribution in [3.63, 3.8) is 0 Å². The zero-order valence-corrected chi connectivity index (χ0v) is 15.2. The molecule has 0 aliphatic carbocycles. The van der Waals surface area contributed by atoms with Gasteiger partial charge in [0, 0.05) is 23.8 Å². The van der Waals surface area contributed by atoms with Crippen LogP contribution in [0.1, 0.15) is 23.4 Å². The Kier molecular flexibility index (Phi) is 6.34. The molecular formula is C16H15N5O3S2. The summed E-state index contributed by atoms with van der Waals surface area (Å²) in [5.41, 5.74) is 0. The first kappa shape index (κ1) is 18.1. The largest absolute Gasteiger partial charge is 0.459 e. The van der Waals surface area contributed by atoms with Crippen LogP contribution in [0, 0.1) is 0 Å². The highest BCUT2D eigenvalue weighted by Gasteiger charge is 2.10. The summed E-state index contributed by atoms with van der Waals surface area (Å²) < 4.78 is 5.01. The molecule has 134 valence electrons. The standard InChI is InChI=1S/C16H15N5O3S2/c22-13(19-16-17-7-10-26-16)4-2-9-25-14-6-5-12(20-21-14)18-15(23)11-3-1-8-24-11/h1,3,5-8,10H,2,4,9H2,(H,17,19,22)(H,18,20,23). The van der Waals surface area contributed by atoms with Crippen molar-refractivity contribution in [2.24, 2.45) is 0 Å². The third-order valence-electron chi connectivity index (χ3n) is 3.10. The molecule has 8 nitrogen and oxygen atoms in total. The van der Waals surface area contributed by atoms with E-state index < -0.39 is 0 Å². The van der Waals surface area contributed by atoms with Gasteiger partial charge in [-0.1, -0.05) is 0 Å². The molecule has 3 aromatic heterocycles. The fourth-order valence-electron chi connectivity index (χ4n) is 1.93. The van der Waals surface area contributed by atoms with E-state index in [1.807, 2.05) is 5.38 Å². The number of rotatable bonds is 8. The van der Waals surface area contributed by atoms with Crippen molar-refractivity contribution < 1.29 is 14.0 Å². The highest BCUT2D eigenvalue weighted by Crippen LogP contribution is 2.18. The summed E-state index contributed by atoms with van der Waals surface area (Å²) >= 11 is 2.89. The van der Waals surface area contributed by atoms with Crippen LogP contribution in [0.15, 0.2) is 51.5 Å². The van der Waals surface area contributed by atoms with Gasteiger partial charge in [-0.05, 0) is 30.7 Å². The van der Waals surface area contributed by atoms with Crippen molar-refractivity contribution in [2.75, 3.05) is 16.4 Å². The van der Waals surface area contributed by atoms with E-state index in [0.717, 1.165) is 10.8 Å². The minimum absolute atomic E-state index is 0.0531. The zero-order chi connectivity index (χ0) is 18.2. The quantitative estimate of drug-likeness (QED) is 0.449. The Morgan fingerprint density at radius 2 is 2.12 bits per heavy atom. The van der Waals surface area contributed by atoms with Crippen LogP contribution in [-0.2, 0) is 4.79 Å². The van der Waals surface area contributed by atoms with Crippen LogP contribution in [0.4, 0.5) is 10.9 Å². The van der Waals surface area contributed by atoms with Gasteiger partial charge in [0.15, 0.2) is 16.7 Å². The molecule has 3 heterocycles. The zero-order valence-electron chi connectivity index (χ0n) is 13.5. The highest BCUT2D eigenvalue weighted by molar-refractivity contribution is 7.99. The van der Waals surface area contributed by atoms with E-state index in [1.165, 1.54) is 29.4 Å².